The predicted octanol–water partition coefficient (Wildman–Crippen LogP) is 3.21. The number of nitrogens with one attached hydrogen (secondary N) is 1. The number of non-ortho nitro benzene ring substituents is 1. The Balaban J connectivity index is 1.60. The Morgan fingerprint density at radius 3 is 2.81 bits per heavy atom. The highest BCUT2D eigenvalue weighted by atomic mass is 35.5. The number of anilines is 1. The number of para-hydroxylation sites is 1. The number of hydrogen-bond donors (Lipinski definition) is 1. The van der Waals surface area contributed by atoms with E-state index in [4.69, 9.17) is 21.1 Å². The number of ether oxygens (including phenoxy) is 2. The lowest BCUT2D eigenvalue weighted by Gasteiger charge is -2.16. The Kier molecular flexibility index (Phi) is 5.37. The molecular weight excluding hydrogens is 376 g/mol. The van der Waals surface area contributed by atoms with Crippen molar-refractivity contribution in [3.63, 3.8) is 0 Å². The summed E-state index contributed by atoms with van der Waals surface area (Å²) < 4.78 is 10.4. The van der Waals surface area contributed by atoms with Gasteiger partial charge in [0.15, 0.2) is 6.61 Å². The van der Waals surface area contributed by atoms with E-state index in [2.05, 4.69) is 5.32 Å². The van der Waals surface area contributed by atoms with Gasteiger partial charge in [0, 0.05) is 17.7 Å². The third kappa shape index (κ3) is 4.42. The third-order valence-electron chi connectivity index (χ3n) is 3.66. The zero-order valence-corrected chi connectivity index (χ0v) is 14.6. The number of rotatable bonds is 5. The van der Waals surface area contributed by atoms with Gasteiger partial charge in [-0.2, -0.15) is 0 Å². The Morgan fingerprint density at radius 2 is 2.04 bits per heavy atom. The summed E-state index contributed by atoms with van der Waals surface area (Å²) in [6.45, 7) is -0.537. The summed E-state index contributed by atoms with van der Waals surface area (Å²) >= 11 is 5.91. The van der Waals surface area contributed by atoms with Gasteiger partial charge >= 0.3 is 5.97 Å². The number of esters is 1. The largest absolute Gasteiger partial charge is 0.488 e. The molecule has 0 saturated carbocycles. The van der Waals surface area contributed by atoms with Gasteiger partial charge in [-0.3, -0.25) is 14.9 Å². The highest BCUT2D eigenvalue weighted by Gasteiger charge is 2.19. The van der Waals surface area contributed by atoms with Crippen molar-refractivity contribution in [1.82, 2.24) is 0 Å². The molecule has 8 nitrogen and oxygen atoms in total. The number of carbonyl (C=O) groups excluding carboxylic acids is 2. The van der Waals surface area contributed by atoms with Crippen LogP contribution < -0.4 is 10.1 Å². The molecule has 3 rings (SSSR count). The van der Waals surface area contributed by atoms with E-state index in [1.165, 1.54) is 12.1 Å². The highest BCUT2D eigenvalue weighted by Crippen LogP contribution is 2.27. The van der Waals surface area contributed by atoms with Crippen molar-refractivity contribution in [2.24, 2.45) is 0 Å². The quantitative estimate of drug-likeness (QED) is 0.478. The molecule has 2 aromatic carbocycles. The topological polar surface area (TPSA) is 108 Å². The van der Waals surface area contributed by atoms with Crippen LogP contribution in [0.15, 0.2) is 48.0 Å². The second-order valence-corrected chi connectivity index (χ2v) is 5.95. The molecule has 138 valence electrons. The van der Waals surface area contributed by atoms with Gasteiger partial charge in [0.25, 0.3) is 11.6 Å². The summed E-state index contributed by atoms with van der Waals surface area (Å²) in [5.41, 5.74) is 0.842. The number of hydrogen-bond acceptors (Lipinski definition) is 6. The maximum Gasteiger partial charge on any atom is 0.338 e. The number of benzene rings is 2. The maximum absolute atomic E-state index is 12.1. The number of nitro groups is 1. The maximum atomic E-state index is 12.1. The van der Waals surface area contributed by atoms with Gasteiger partial charge in [-0.25, -0.2) is 4.79 Å². The zero-order valence-electron chi connectivity index (χ0n) is 13.8. The van der Waals surface area contributed by atoms with Crippen LogP contribution in [0.3, 0.4) is 0 Å². The monoisotopic (exact) mass is 388 g/mol. The molecule has 27 heavy (non-hydrogen) atoms. The van der Waals surface area contributed by atoms with E-state index in [-0.39, 0.29) is 28.6 Å². The van der Waals surface area contributed by atoms with Crippen molar-refractivity contribution in [2.45, 2.75) is 0 Å². The van der Waals surface area contributed by atoms with Crippen LogP contribution in [0.25, 0.3) is 6.08 Å². The lowest BCUT2D eigenvalue weighted by atomic mass is 10.1. The minimum absolute atomic E-state index is 0.0359. The smallest absolute Gasteiger partial charge is 0.338 e. The van der Waals surface area contributed by atoms with E-state index in [0.717, 1.165) is 11.6 Å². The second kappa shape index (κ2) is 7.88. The van der Waals surface area contributed by atoms with Crippen LogP contribution in [0.2, 0.25) is 5.02 Å². The summed E-state index contributed by atoms with van der Waals surface area (Å²) in [7, 11) is 0. The summed E-state index contributed by atoms with van der Waals surface area (Å²) in [6, 6.07) is 10.8. The van der Waals surface area contributed by atoms with Crippen molar-refractivity contribution in [3.8, 4) is 5.75 Å². The van der Waals surface area contributed by atoms with Gasteiger partial charge < -0.3 is 14.8 Å². The molecule has 0 fully saturated rings. The number of amides is 1. The Bertz CT molecular complexity index is 957. The average molecular weight is 389 g/mol. The zero-order chi connectivity index (χ0) is 19.4. The van der Waals surface area contributed by atoms with Crippen LogP contribution >= 0.6 is 11.6 Å². The first kappa shape index (κ1) is 18.4. The molecule has 9 heteroatoms. The summed E-state index contributed by atoms with van der Waals surface area (Å²) in [5, 5.41) is 13.3. The van der Waals surface area contributed by atoms with Crippen LogP contribution in [0.5, 0.6) is 5.75 Å². The Morgan fingerprint density at radius 1 is 1.26 bits per heavy atom. The van der Waals surface area contributed by atoms with Gasteiger partial charge in [-0.15, -0.1) is 0 Å². The standard InChI is InChI=1S/C18H13ClN2O6/c19-14-6-5-13(21(24)25)8-15(14)20-17(22)10-27-18(23)12-7-11-3-1-2-4-16(11)26-9-12/h1-8H,9-10H2,(H,20,22). The molecule has 0 radical (unpaired) electrons. The number of nitro benzene ring substituents is 1. The van der Waals surface area contributed by atoms with Crippen LogP contribution in [0.4, 0.5) is 11.4 Å². The summed E-state index contributed by atoms with van der Waals surface area (Å²) in [5.74, 6) is -0.708. The fourth-order valence-electron chi connectivity index (χ4n) is 2.37. The lowest BCUT2D eigenvalue weighted by molar-refractivity contribution is -0.384. The molecular formula is C18H13ClN2O6. The highest BCUT2D eigenvalue weighted by molar-refractivity contribution is 6.33. The fourth-order valence-corrected chi connectivity index (χ4v) is 2.53. The molecule has 0 spiro atoms. The molecule has 0 saturated heterocycles. The molecule has 0 atom stereocenters. The third-order valence-corrected chi connectivity index (χ3v) is 3.99. The molecule has 1 N–H and O–H groups in total. The summed E-state index contributed by atoms with van der Waals surface area (Å²) in [4.78, 5) is 34.3. The molecule has 0 aromatic heterocycles. The first-order valence-electron chi connectivity index (χ1n) is 7.77. The molecule has 1 aliphatic heterocycles. The first-order chi connectivity index (χ1) is 12.9. The minimum atomic E-state index is -0.690. The van der Waals surface area contributed by atoms with E-state index in [1.54, 1.807) is 18.2 Å². The number of carbonyl (C=O) groups is 2. The SMILES string of the molecule is O=C(COC(=O)C1=Cc2ccccc2OC1)Nc1cc([N+](=O)[O-])ccc1Cl. The van der Waals surface area contributed by atoms with E-state index in [1.807, 2.05) is 12.1 Å². The molecule has 1 amide bonds. The first-order valence-corrected chi connectivity index (χ1v) is 8.15. The van der Waals surface area contributed by atoms with Gasteiger partial charge in [-0.05, 0) is 18.2 Å². The van der Waals surface area contributed by atoms with E-state index < -0.39 is 23.4 Å². The predicted molar refractivity (Wildman–Crippen MR) is 97.6 cm³/mol. The molecule has 0 unspecified atom stereocenters. The minimum Gasteiger partial charge on any atom is -0.488 e. The van der Waals surface area contributed by atoms with E-state index >= 15 is 0 Å². The van der Waals surface area contributed by atoms with Gasteiger partial charge in [0.2, 0.25) is 0 Å². The molecule has 1 aliphatic rings. The average Bonchev–Trinajstić information content (AvgIpc) is 2.67. The number of fused-ring (bicyclic) bond motifs is 1. The second-order valence-electron chi connectivity index (χ2n) is 5.54. The Labute approximate surface area is 158 Å². The van der Waals surface area contributed by atoms with Crippen molar-refractivity contribution < 1.29 is 24.0 Å². The van der Waals surface area contributed by atoms with Crippen molar-refractivity contribution in [3.05, 3.63) is 68.7 Å². The Hall–Kier alpha value is -3.39. The number of nitrogens with zero attached hydrogens (tertiary/aromatic N) is 1. The van der Waals surface area contributed by atoms with Gasteiger partial charge in [0.05, 0.1) is 21.2 Å². The van der Waals surface area contributed by atoms with Crippen LogP contribution in [0, 0.1) is 10.1 Å². The van der Waals surface area contributed by atoms with E-state index in [9.17, 15) is 19.7 Å². The lowest BCUT2D eigenvalue weighted by Crippen LogP contribution is -2.24. The van der Waals surface area contributed by atoms with Crippen LogP contribution in [-0.4, -0.2) is 30.0 Å². The summed E-state index contributed by atoms with van der Waals surface area (Å²) in [6.07, 6.45) is 1.64. The fraction of sp³-hybridized carbons (Fsp3) is 0.111. The molecule has 1 heterocycles. The normalized spacial score (nSPS) is 12.3. The van der Waals surface area contributed by atoms with Gasteiger partial charge in [-0.1, -0.05) is 29.8 Å². The van der Waals surface area contributed by atoms with Crippen LogP contribution in [0.1, 0.15) is 5.56 Å². The molecule has 2 aromatic rings. The van der Waals surface area contributed by atoms with Gasteiger partial charge in [0.1, 0.15) is 12.4 Å². The molecule has 0 aliphatic carbocycles. The van der Waals surface area contributed by atoms with Crippen molar-refractivity contribution in [1.29, 1.82) is 0 Å². The van der Waals surface area contributed by atoms with Crippen LogP contribution in [-0.2, 0) is 14.3 Å². The van der Waals surface area contributed by atoms with Crippen molar-refractivity contribution >= 4 is 40.9 Å². The van der Waals surface area contributed by atoms with E-state index in [0.29, 0.717) is 5.75 Å². The number of halogens is 1. The van der Waals surface area contributed by atoms with Crippen molar-refractivity contribution in [2.75, 3.05) is 18.5 Å². The molecule has 0 bridgehead atoms.